The lowest BCUT2D eigenvalue weighted by atomic mass is 10.0. The highest BCUT2D eigenvalue weighted by Crippen LogP contribution is 2.25. The fraction of sp³-hybridized carbons (Fsp3) is 0.500. The van der Waals surface area contributed by atoms with Gasteiger partial charge in [0.25, 0.3) is 5.91 Å². The lowest BCUT2D eigenvalue weighted by molar-refractivity contribution is 0.0915. The molecular formula is C14H19NO3. The molecule has 1 saturated carbocycles. The average molecular weight is 249 g/mol. The van der Waals surface area contributed by atoms with Gasteiger partial charge in [-0.3, -0.25) is 4.79 Å². The van der Waals surface area contributed by atoms with Crippen molar-refractivity contribution in [3.8, 4) is 5.75 Å². The highest BCUT2D eigenvalue weighted by molar-refractivity contribution is 5.96. The third-order valence-electron chi connectivity index (χ3n) is 3.66. The van der Waals surface area contributed by atoms with Gasteiger partial charge in [-0.15, -0.1) is 0 Å². The highest BCUT2D eigenvalue weighted by atomic mass is 16.3. The van der Waals surface area contributed by atoms with Gasteiger partial charge in [0.15, 0.2) is 0 Å². The zero-order chi connectivity index (χ0) is 13.1. The Bertz CT molecular complexity index is 445. The van der Waals surface area contributed by atoms with Gasteiger partial charge in [0, 0.05) is 24.1 Å². The summed E-state index contributed by atoms with van der Waals surface area (Å²) in [7, 11) is 0. The van der Waals surface area contributed by atoms with Crippen LogP contribution < -0.4 is 5.32 Å². The van der Waals surface area contributed by atoms with Crippen molar-refractivity contribution in [2.75, 3.05) is 6.61 Å². The topological polar surface area (TPSA) is 69.6 Å². The van der Waals surface area contributed by atoms with Gasteiger partial charge in [-0.2, -0.15) is 0 Å². The van der Waals surface area contributed by atoms with Crippen molar-refractivity contribution >= 4 is 5.91 Å². The van der Waals surface area contributed by atoms with Crippen LogP contribution in [0.1, 0.15) is 35.2 Å². The molecule has 0 radical (unpaired) electrons. The molecule has 1 aromatic carbocycles. The van der Waals surface area contributed by atoms with E-state index in [1.807, 2.05) is 0 Å². The molecule has 98 valence electrons. The Balaban J connectivity index is 2.07. The minimum Gasteiger partial charge on any atom is -0.508 e. The fourth-order valence-electron chi connectivity index (χ4n) is 2.59. The second-order valence-corrected chi connectivity index (χ2v) is 4.95. The maximum Gasteiger partial charge on any atom is 0.251 e. The van der Waals surface area contributed by atoms with Gasteiger partial charge in [-0.25, -0.2) is 0 Å². The number of hydrogen-bond acceptors (Lipinski definition) is 3. The number of carbonyl (C=O) groups excluding carboxylic acids is 1. The number of aliphatic hydroxyl groups is 1. The number of carbonyl (C=O) groups is 1. The van der Waals surface area contributed by atoms with Crippen molar-refractivity contribution in [3.05, 3.63) is 29.3 Å². The first-order valence-electron chi connectivity index (χ1n) is 6.33. The zero-order valence-electron chi connectivity index (χ0n) is 10.5. The molecule has 3 N–H and O–H groups in total. The summed E-state index contributed by atoms with van der Waals surface area (Å²) in [5.74, 6) is 0.211. The average Bonchev–Trinajstić information content (AvgIpc) is 2.76. The van der Waals surface area contributed by atoms with Gasteiger partial charge in [-0.1, -0.05) is 6.42 Å². The largest absolute Gasteiger partial charge is 0.508 e. The van der Waals surface area contributed by atoms with Gasteiger partial charge in [0.05, 0.1) is 0 Å². The van der Waals surface area contributed by atoms with E-state index in [0.717, 1.165) is 24.8 Å². The highest BCUT2D eigenvalue weighted by Gasteiger charge is 2.28. The zero-order valence-corrected chi connectivity index (χ0v) is 10.5. The molecule has 2 rings (SSSR count). The molecule has 0 saturated heterocycles. The number of nitrogens with one attached hydrogen (secondary N) is 1. The molecule has 0 bridgehead atoms. The van der Waals surface area contributed by atoms with Crippen molar-refractivity contribution < 1.29 is 15.0 Å². The fourth-order valence-corrected chi connectivity index (χ4v) is 2.59. The second-order valence-electron chi connectivity index (χ2n) is 4.95. The summed E-state index contributed by atoms with van der Waals surface area (Å²) in [4.78, 5) is 12.1. The summed E-state index contributed by atoms with van der Waals surface area (Å²) < 4.78 is 0. The Morgan fingerprint density at radius 2 is 2.22 bits per heavy atom. The number of aryl methyl sites for hydroxylation is 1. The van der Waals surface area contributed by atoms with Crippen LogP contribution in [-0.4, -0.2) is 28.8 Å². The molecule has 0 heterocycles. The Kier molecular flexibility index (Phi) is 3.87. The van der Waals surface area contributed by atoms with Crippen LogP contribution in [0.3, 0.4) is 0 Å². The first-order valence-corrected chi connectivity index (χ1v) is 6.33. The SMILES string of the molecule is Cc1cc(O)ccc1C(=O)N[C@H]1CCC[C@H]1CO. The molecule has 1 aliphatic carbocycles. The Morgan fingerprint density at radius 3 is 2.89 bits per heavy atom. The Morgan fingerprint density at radius 1 is 1.44 bits per heavy atom. The summed E-state index contributed by atoms with van der Waals surface area (Å²) in [6.45, 7) is 1.92. The molecule has 1 aliphatic rings. The van der Waals surface area contributed by atoms with Crippen LogP contribution in [0.5, 0.6) is 5.75 Å². The summed E-state index contributed by atoms with van der Waals surface area (Å²) in [6.07, 6.45) is 2.94. The minimum absolute atomic E-state index is 0.0655. The Labute approximate surface area is 107 Å². The number of amides is 1. The molecule has 0 spiro atoms. The monoisotopic (exact) mass is 249 g/mol. The lowest BCUT2D eigenvalue weighted by Gasteiger charge is -2.19. The second kappa shape index (κ2) is 5.40. The number of hydrogen-bond donors (Lipinski definition) is 3. The number of benzene rings is 1. The van der Waals surface area contributed by atoms with Crippen LogP contribution in [-0.2, 0) is 0 Å². The molecule has 4 heteroatoms. The van der Waals surface area contributed by atoms with E-state index in [4.69, 9.17) is 0 Å². The van der Waals surface area contributed by atoms with Gasteiger partial charge in [-0.05, 0) is 43.5 Å². The molecule has 18 heavy (non-hydrogen) atoms. The molecule has 0 unspecified atom stereocenters. The van der Waals surface area contributed by atoms with Crippen LogP contribution in [0.2, 0.25) is 0 Å². The van der Waals surface area contributed by atoms with Crippen LogP contribution >= 0.6 is 0 Å². The van der Waals surface area contributed by atoms with E-state index in [1.165, 1.54) is 6.07 Å². The molecule has 2 atom stereocenters. The molecule has 0 aromatic heterocycles. The molecule has 1 aromatic rings. The summed E-state index contributed by atoms with van der Waals surface area (Å²) in [5.41, 5.74) is 1.34. The lowest BCUT2D eigenvalue weighted by Crippen LogP contribution is -2.38. The normalized spacial score (nSPS) is 23.0. The summed E-state index contributed by atoms with van der Waals surface area (Å²) >= 11 is 0. The predicted octanol–water partition coefficient (Wildman–Crippen LogP) is 1.59. The van der Waals surface area contributed by atoms with Crippen molar-refractivity contribution in [1.29, 1.82) is 0 Å². The van der Waals surface area contributed by atoms with Crippen molar-refractivity contribution in [3.63, 3.8) is 0 Å². The van der Waals surface area contributed by atoms with Crippen molar-refractivity contribution in [2.24, 2.45) is 5.92 Å². The van der Waals surface area contributed by atoms with Crippen molar-refractivity contribution in [2.45, 2.75) is 32.2 Å². The first-order chi connectivity index (χ1) is 8.61. The van der Waals surface area contributed by atoms with E-state index in [-0.39, 0.29) is 30.2 Å². The molecule has 4 nitrogen and oxygen atoms in total. The molecule has 0 aliphatic heterocycles. The van der Waals surface area contributed by atoms with Crippen LogP contribution in [0.4, 0.5) is 0 Å². The van der Waals surface area contributed by atoms with E-state index in [2.05, 4.69) is 5.32 Å². The van der Waals surface area contributed by atoms with E-state index >= 15 is 0 Å². The van der Waals surface area contributed by atoms with Crippen LogP contribution in [0.25, 0.3) is 0 Å². The van der Waals surface area contributed by atoms with E-state index in [9.17, 15) is 15.0 Å². The summed E-state index contributed by atoms with van der Waals surface area (Å²) in [5, 5.41) is 21.5. The molecule has 1 amide bonds. The molecule has 1 fully saturated rings. The smallest absolute Gasteiger partial charge is 0.251 e. The third kappa shape index (κ3) is 2.64. The van der Waals surface area contributed by atoms with Gasteiger partial charge < -0.3 is 15.5 Å². The standard InChI is InChI=1S/C14H19NO3/c1-9-7-11(17)5-6-12(9)14(18)15-13-4-2-3-10(13)8-16/h5-7,10,13,16-17H,2-4,8H2,1H3,(H,15,18)/t10-,13-/m0/s1. The number of phenolic OH excluding ortho intramolecular Hbond substituents is 1. The van der Waals surface area contributed by atoms with Crippen LogP contribution in [0, 0.1) is 12.8 Å². The maximum atomic E-state index is 12.1. The maximum absolute atomic E-state index is 12.1. The third-order valence-corrected chi connectivity index (χ3v) is 3.66. The first kappa shape index (κ1) is 12.9. The van der Waals surface area contributed by atoms with Gasteiger partial charge in [0.2, 0.25) is 0 Å². The van der Waals surface area contributed by atoms with Crippen molar-refractivity contribution in [1.82, 2.24) is 5.32 Å². The summed E-state index contributed by atoms with van der Waals surface area (Å²) in [6, 6.07) is 4.78. The minimum atomic E-state index is -0.127. The van der Waals surface area contributed by atoms with E-state index in [0.29, 0.717) is 5.56 Å². The van der Waals surface area contributed by atoms with Gasteiger partial charge >= 0.3 is 0 Å². The van der Waals surface area contributed by atoms with Crippen LogP contribution in [0.15, 0.2) is 18.2 Å². The van der Waals surface area contributed by atoms with E-state index < -0.39 is 0 Å². The number of rotatable bonds is 3. The quantitative estimate of drug-likeness (QED) is 0.762. The van der Waals surface area contributed by atoms with Gasteiger partial charge in [0.1, 0.15) is 5.75 Å². The number of phenols is 1. The number of aliphatic hydroxyl groups excluding tert-OH is 1. The number of aromatic hydroxyl groups is 1. The predicted molar refractivity (Wildman–Crippen MR) is 68.5 cm³/mol. The Hall–Kier alpha value is -1.55. The molecular weight excluding hydrogens is 230 g/mol. The van der Waals surface area contributed by atoms with E-state index in [1.54, 1.807) is 19.1 Å².